The Morgan fingerprint density at radius 3 is 2.33 bits per heavy atom. The Bertz CT molecular complexity index is 265. The average Bonchev–Trinajstić information content (AvgIpc) is 2.19. The molecule has 2 heteroatoms. The molecule has 0 aliphatic rings. The Hall–Kier alpha value is -0.785. The third kappa shape index (κ3) is 4.07. The smallest absolute Gasteiger partial charge is 0.184 e. The predicted octanol–water partition coefficient (Wildman–Crippen LogP) is 3.19. The maximum absolute atomic E-state index is 4.37. The third-order valence-corrected chi connectivity index (χ3v) is 2.83. The minimum Gasteiger partial charge on any atom is -0.272 e. The van der Waals surface area contributed by atoms with E-state index in [-0.39, 0.29) is 0 Å². The van der Waals surface area contributed by atoms with Gasteiger partial charge in [0.1, 0.15) is 0 Å². The van der Waals surface area contributed by atoms with Crippen molar-refractivity contribution in [2.24, 2.45) is 0 Å². The Balaban J connectivity index is 2.66. The van der Waals surface area contributed by atoms with Gasteiger partial charge < -0.3 is 0 Å². The molecule has 1 nitrogen and oxygen atoms in total. The molecule has 81 valence electrons. The summed E-state index contributed by atoms with van der Waals surface area (Å²) in [6, 6.07) is 6.11. The van der Waals surface area contributed by atoms with Crippen molar-refractivity contribution in [2.75, 3.05) is 0 Å². The molecule has 0 aliphatic carbocycles. The van der Waals surface area contributed by atoms with Gasteiger partial charge in [-0.3, -0.25) is 4.98 Å². The lowest BCUT2D eigenvalue weighted by Crippen LogP contribution is -2.29. The molecular weight excluding hydrogens is 181 g/mol. The average molecular weight is 202 g/mol. The van der Waals surface area contributed by atoms with Crippen molar-refractivity contribution in [3.05, 3.63) is 24.4 Å². The molecule has 0 bridgehead atoms. The van der Waals surface area contributed by atoms with Gasteiger partial charge in [-0.25, -0.2) is 0 Å². The molecule has 0 saturated carbocycles. The molecule has 1 radical (unpaired) electrons. The third-order valence-electron chi connectivity index (χ3n) is 2.83. The molecule has 0 saturated heterocycles. The van der Waals surface area contributed by atoms with Gasteiger partial charge in [-0.15, -0.1) is 0 Å². The minimum absolute atomic E-state index is 0.317. The maximum atomic E-state index is 4.37. The van der Waals surface area contributed by atoms with Crippen molar-refractivity contribution >= 4 is 12.9 Å². The van der Waals surface area contributed by atoms with Crippen LogP contribution in [0.4, 0.5) is 0 Å². The molecule has 0 fully saturated rings. The van der Waals surface area contributed by atoms with Gasteiger partial charge >= 0.3 is 0 Å². The largest absolute Gasteiger partial charge is 0.272 e. The summed E-state index contributed by atoms with van der Waals surface area (Å²) in [7, 11) is 2.33. The number of rotatable bonds is 6. The van der Waals surface area contributed by atoms with Crippen LogP contribution < -0.4 is 5.59 Å². The van der Waals surface area contributed by atoms with Crippen LogP contribution in [0.2, 0.25) is 5.31 Å². The summed E-state index contributed by atoms with van der Waals surface area (Å²) in [5.41, 5.74) is 1.11. The van der Waals surface area contributed by atoms with Gasteiger partial charge in [0.2, 0.25) is 0 Å². The predicted molar refractivity (Wildman–Crippen MR) is 67.8 cm³/mol. The van der Waals surface area contributed by atoms with Crippen molar-refractivity contribution in [3.63, 3.8) is 0 Å². The molecule has 1 aromatic heterocycles. The van der Waals surface area contributed by atoms with Crippen LogP contribution in [0.5, 0.6) is 0 Å². The van der Waals surface area contributed by atoms with Crippen molar-refractivity contribution in [1.82, 2.24) is 4.98 Å². The fourth-order valence-corrected chi connectivity index (χ4v) is 2.23. The molecule has 0 aromatic carbocycles. The van der Waals surface area contributed by atoms with Gasteiger partial charge in [-0.1, -0.05) is 63.9 Å². The number of pyridine rings is 1. The Morgan fingerprint density at radius 1 is 1.20 bits per heavy atom. The van der Waals surface area contributed by atoms with Crippen LogP contribution in [0.25, 0.3) is 0 Å². The van der Waals surface area contributed by atoms with Crippen molar-refractivity contribution < 1.29 is 0 Å². The van der Waals surface area contributed by atoms with Gasteiger partial charge in [-0.05, 0) is 11.7 Å². The molecule has 1 aromatic rings. The van der Waals surface area contributed by atoms with Crippen LogP contribution in [0, 0.1) is 0 Å². The Morgan fingerprint density at radius 2 is 1.87 bits per heavy atom. The van der Waals surface area contributed by atoms with Crippen LogP contribution in [-0.4, -0.2) is 12.3 Å². The van der Waals surface area contributed by atoms with Crippen LogP contribution in [-0.2, 0) is 0 Å². The summed E-state index contributed by atoms with van der Waals surface area (Å²) in [4.78, 5) is 4.37. The molecule has 0 atom stereocenters. The van der Waals surface area contributed by atoms with E-state index in [1.165, 1.54) is 25.7 Å². The van der Waals surface area contributed by atoms with Crippen LogP contribution in [0.3, 0.4) is 0 Å². The number of hydrogen-bond acceptors (Lipinski definition) is 1. The lowest BCUT2D eigenvalue weighted by Gasteiger charge is -2.27. The normalized spacial score (nSPS) is 11.4. The topological polar surface area (TPSA) is 12.9 Å². The first kappa shape index (κ1) is 12.3. The molecule has 0 spiro atoms. The lowest BCUT2D eigenvalue weighted by molar-refractivity contribution is 0.500. The van der Waals surface area contributed by atoms with E-state index in [0.717, 1.165) is 5.59 Å². The fourth-order valence-electron chi connectivity index (χ4n) is 2.23. The highest BCUT2D eigenvalue weighted by atomic mass is 14.6. The summed E-state index contributed by atoms with van der Waals surface area (Å²) in [5, 5.41) is 0.317. The van der Waals surface area contributed by atoms with Gasteiger partial charge in [0, 0.05) is 6.20 Å². The van der Waals surface area contributed by atoms with Crippen molar-refractivity contribution in [2.45, 2.75) is 51.8 Å². The maximum Gasteiger partial charge on any atom is 0.184 e. The van der Waals surface area contributed by atoms with Gasteiger partial charge in [-0.2, -0.15) is 0 Å². The minimum atomic E-state index is 0.317. The van der Waals surface area contributed by atoms with E-state index in [1.807, 2.05) is 12.3 Å². The van der Waals surface area contributed by atoms with E-state index in [9.17, 15) is 0 Å². The molecule has 0 N–H and O–H groups in total. The zero-order valence-electron chi connectivity index (χ0n) is 10.2. The lowest BCUT2D eigenvalue weighted by atomic mass is 9.48. The molecular formula is C13H21BN. The molecule has 0 aliphatic heterocycles. The molecule has 0 amide bonds. The van der Waals surface area contributed by atoms with E-state index in [2.05, 4.69) is 45.2 Å². The summed E-state index contributed by atoms with van der Waals surface area (Å²) in [5.74, 6) is 0. The number of hydrogen-bond donors (Lipinski definition) is 0. The summed E-state index contributed by atoms with van der Waals surface area (Å²) in [6.45, 7) is 6.84. The van der Waals surface area contributed by atoms with Gasteiger partial charge in [0.15, 0.2) is 7.28 Å². The fraction of sp³-hybridized carbons (Fsp3) is 0.615. The highest BCUT2D eigenvalue weighted by molar-refractivity contribution is 6.55. The summed E-state index contributed by atoms with van der Waals surface area (Å²) in [6.07, 6.45) is 6.83. The van der Waals surface area contributed by atoms with Crippen LogP contribution in [0.15, 0.2) is 24.4 Å². The van der Waals surface area contributed by atoms with E-state index in [4.69, 9.17) is 0 Å². The van der Waals surface area contributed by atoms with Crippen LogP contribution >= 0.6 is 0 Å². The standard InChI is InChI=1S/C13H21BN/c1-4-9-13(3,10-5-2)14-12-8-6-7-11-15-12/h6-8,11H,4-5,9-10H2,1-3H3. The van der Waals surface area contributed by atoms with E-state index >= 15 is 0 Å². The second-order valence-corrected chi connectivity index (χ2v) is 4.55. The van der Waals surface area contributed by atoms with E-state index in [1.54, 1.807) is 0 Å². The van der Waals surface area contributed by atoms with Crippen LogP contribution in [0.1, 0.15) is 46.5 Å². The quantitative estimate of drug-likeness (QED) is 0.645. The summed E-state index contributed by atoms with van der Waals surface area (Å²) < 4.78 is 0. The SMILES string of the molecule is CCCC(C)([B]c1ccccn1)CCC. The monoisotopic (exact) mass is 202 g/mol. The van der Waals surface area contributed by atoms with E-state index in [0.29, 0.717) is 5.31 Å². The van der Waals surface area contributed by atoms with E-state index < -0.39 is 0 Å². The molecule has 1 heterocycles. The second-order valence-electron chi connectivity index (χ2n) is 4.55. The Kier molecular flexibility index (Phi) is 4.87. The highest BCUT2D eigenvalue weighted by Crippen LogP contribution is 2.35. The van der Waals surface area contributed by atoms with Crippen molar-refractivity contribution in [3.8, 4) is 0 Å². The molecule has 0 unspecified atom stereocenters. The Labute approximate surface area is 94.6 Å². The first-order valence-electron chi connectivity index (χ1n) is 5.97. The zero-order valence-corrected chi connectivity index (χ0v) is 10.2. The first-order chi connectivity index (χ1) is 7.20. The van der Waals surface area contributed by atoms with Gasteiger partial charge in [0.05, 0.1) is 0 Å². The number of aromatic nitrogens is 1. The first-order valence-corrected chi connectivity index (χ1v) is 5.97. The summed E-state index contributed by atoms with van der Waals surface area (Å²) >= 11 is 0. The van der Waals surface area contributed by atoms with Gasteiger partial charge in [0.25, 0.3) is 0 Å². The van der Waals surface area contributed by atoms with Crippen molar-refractivity contribution in [1.29, 1.82) is 0 Å². The molecule has 1 rings (SSSR count). The zero-order chi connectivity index (χ0) is 11.1. The second kappa shape index (κ2) is 5.94. The number of nitrogens with zero attached hydrogens (tertiary/aromatic N) is 1. The highest BCUT2D eigenvalue weighted by Gasteiger charge is 2.24. The molecule has 15 heavy (non-hydrogen) atoms.